The molecule has 0 aliphatic carbocycles. The molecule has 0 fully saturated rings. The van der Waals surface area contributed by atoms with Gasteiger partial charge in [-0.15, -0.1) is 0 Å². The van der Waals surface area contributed by atoms with E-state index in [1.165, 1.54) is 13.8 Å². The molecule has 0 saturated heterocycles. The number of esters is 1. The van der Waals surface area contributed by atoms with Crippen molar-refractivity contribution in [3.05, 3.63) is 34.1 Å². The Balaban J connectivity index is 3.13. The SMILES string of the molecule is COC(=O)C(C)(C)Oc1cc(F)ccc1[N+](=O)[O-]. The summed E-state index contributed by atoms with van der Waals surface area (Å²) in [6.45, 7) is 2.74. The average molecular weight is 257 g/mol. The van der Waals surface area contributed by atoms with Crippen LogP contribution in [0.15, 0.2) is 18.2 Å². The van der Waals surface area contributed by atoms with Gasteiger partial charge in [-0.25, -0.2) is 9.18 Å². The molecule has 7 heteroatoms. The van der Waals surface area contributed by atoms with Crippen molar-refractivity contribution in [2.24, 2.45) is 0 Å². The topological polar surface area (TPSA) is 78.7 Å². The van der Waals surface area contributed by atoms with Crippen molar-refractivity contribution in [1.29, 1.82) is 0 Å². The van der Waals surface area contributed by atoms with Gasteiger partial charge in [0, 0.05) is 12.1 Å². The molecule has 1 rings (SSSR count). The average Bonchev–Trinajstić information content (AvgIpc) is 2.26. The number of nitrogens with zero attached hydrogens (tertiary/aromatic N) is 1. The smallest absolute Gasteiger partial charge is 0.349 e. The van der Waals surface area contributed by atoms with Crippen LogP contribution in [0.5, 0.6) is 5.75 Å². The maximum absolute atomic E-state index is 13.0. The van der Waals surface area contributed by atoms with Crippen molar-refractivity contribution < 1.29 is 23.6 Å². The molecule has 0 saturated carbocycles. The molecule has 0 aromatic heterocycles. The van der Waals surface area contributed by atoms with Gasteiger partial charge in [-0.2, -0.15) is 0 Å². The van der Waals surface area contributed by atoms with Crippen LogP contribution in [0.25, 0.3) is 0 Å². The second-order valence-corrected chi connectivity index (χ2v) is 3.97. The summed E-state index contributed by atoms with van der Waals surface area (Å²) in [6.07, 6.45) is 0. The summed E-state index contributed by atoms with van der Waals surface area (Å²) in [5.41, 5.74) is -1.87. The summed E-state index contributed by atoms with van der Waals surface area (Å²) in [5, 5.41) is 10.7. The van der Waals surface area contributed by atoms with Crippen molar-refractivity contribution >= 4 is 11.7 Å². The predicted molar refractivity (Wildman–Crippen MR) is 59.8 cm³/mol. The lowest BCUT2D eigenvalue weighted by Gasteiger charge is -2.23. The third-order valence-electron chi connectivity index (χ3n) is 2.16. The van der Waals surface area contributed by atoms with Gasteiger partial charge >= 0.3 is 11.7 Å². The van der Waals surface area contributed by atoms with Gasteiger partial charge in [0.1, 0.15) is 5.82 Å². The molecule has 0 unspecified atom stereocenters. The normalized spacial score (nSPS) is 10.9. The number of hydrogen-bond donors (Lipinski definition) is 0. The van der Waals surface area contributed by atoms with E-state index in [2.05, 4.69) is 4.74 Å². The largest absolute Gasteiger partial charge is 0.469 e. The molecule has 0 bridgehead atoms. The van der Waals surface area contributed by atoms with Crippen LogP contribution in [-0.4, -0.2) is 23.6 Å². The van der Waals surface area contributed by atoms with Crippen LogP contribution < -0.4 is 4.74 Å². The first kappa shape index (κ1) is 13.9. The molecule has 0 aliphatic heterocycles. The van der Waals surface area contributed by atoms with Crippen LogP contribution in [-0.2, 0) is 9.53 Å². The van der Waals surface area contributed by atoms with Gasteiger partial charge in [-0.3, -0.25) is 10.1 Å². The lowest BCUT2D eigenvalue weighted by Crippen LogP contribution is -2.39. The van der Waals surface area contributed by atoms with Crippen LogP contribution >= 0.6 is 0 Å². The third kappa shape index (κ3) is 2.93. The maximum Gasteiger partial charge on any atom is 0.349 e. The standard InChI is InChI=1S/C11H12FNO5/c1-11(2,10(14)17-3)18-9-6-7(12)4-5-8(9)13(15)16/h4-6H,1-3H3. The highest BCUT2D eigenvalue weighted by Crippen LogP contribution is 2.30. The zero-order valence-electron chi connectivity index (χ0n) is 10.1. The number of benzene rings is 1. The lowest BCUT2D eigenvalue weighted by atomic mass is 10.1. The van der Waals surface area contributed by atoms with Gasteiger partial charge in [-0.05, 0) is 19.9 Å². The fourth-order valence-corrected chi connectivity index (χ4v) is 1.28. The molecule has 0 atom stereocenters. The second kappa shape index (κ2) is 4.99. The Kier molecular flexibility index (Phi) is 3.85. The molecular formula is C11H12FNO5. The van der Waals surface area contributed by atoms with Gasteiger partial charge in [-0.1, -0.05) is 0 Å². The van der Waals surface area contributed by atoms with E-state index in [0.29, 0.717) is 0 Å². The molecule has 0 spiro atoms. The number of carbonyl (C=O) groups is 1. The minimum absolute atomic E-state index is 0.324. The molecule has 1 aromatic carbocycles. The highest BCUT2D eigenvalue weighted by atomic mass is 19.1. The van der Waals surface area contributed by atoms with E-state index < -0.39 is 28.0 Å². The van der Waals surface area contributed by atoms with Gasteiger partial charge in [0.25, 0.3) is 0 Å². The Hall–Kier alpha value is -2.18. The number of hydrogen-bond acceptors (Lipinski definition) is 5. The van der Waals surface area contributed by atoms with Crippen LogP contribution in [0.3, 0.4) is 0 Å². The number of nitro benzene ring substituents is 1. The molecular weight excluding hydrogens is 245 g/mol. The highest BCUT2D eigenvalue weighted by molar-refractivity contribution is 5.79. The Labute approximate surface area is 102 Å². The molecule has 0 radical (unpaired) electrons. The van der Waals surface area contributed by atoms with E-state index in [0.717, 1.165) is 25.3 Å². The van der Waals surface area contributed by atoms with Crippen molar-refractivity contribution in [2.75, 3.05) is 7.11 Å². The van der Waals surface area contributed by atoms with E-state index in [9.17, 15) is 19.3 Å². The minimum Gasteiger partial charge on any atom is -0.469 e. The first-order chi connectivity index (χ1) is 8.27. The molecule has 98 valence electrons. The number of halogens is 1. The van der Waals surface area contributed by atoms with Gasteiger partial charge in [0.15, 0.2) is 0 Å². The third-order valence-corrected chi connectivity index (χ3v) is 2.16. The molecule has 0 heterocycles. The van der Waals surface area contributed by atoms with E-state index >= 15 is 0 Å². The Bertz CT molecular complexity index is 486. The van der Waals surface area contributed by atoms with E-state index in [4.69, 9.17) is 4.74 Å². The fourth-order valence-electron chi connectivity index (χ4n) is 1.28. The van der Waals surface area contributed by atoms with E-state index in [-0.39, 0.29) is 5.75 Å². The van der Waals surface area contributed by atoms with Gasteiger partial charge < -0.3 is 9.47 Å². The Morgan fingerprint density at radius 1 is 1.44 bits per heavy atom. The summed E-state index contributed by atoms with van der Waals surface area (Å²) < 4.78 is 22.7. The first-order valence-electron chi connectivity index (χ1n) is 4.99. The van der Waals surface area contributed by atoms with Crippen molar-refractivity contribution in [2.45, 2.75) is 19.4 Å². The number of methoxy groups -OCH3 is 1. The maximum atomic E-state index is 13.0. The van der Waals surface area contributed by atoms with Crippen LogP contribution in [0.4, 0.5) is 10.1 Å². The van der Waals surface area contributed by atoms with Gasteiger partial charge in [0.2, 0.25) is 11.4 Å². The summed E-state index contributed by atoms with van der Waals surface area (Å²) in [7, 11) is 1.16. The zero-order valence-corrected chi connectivity index (χ0v) is 10.1. The second-order valence-electron chi connectivity index (χ2n) is 3.97. The monoisotopic (exact) mass is 257 g/mol. The quantitative estimate of drug-likeness (QED) is 0.468. The fraction of sp³-hybridized carbons (Fsp3) is 0.364. The van der Waals surface area contributed by atoms with Crippen LogP contribution in [0.2, 0.25) is 0 Å². The van der Waals surface area contributed by atoms with Gasteiger partial charge in [0.05, 0.1) is 12.0 Å². The molecule has 6 nitrogen and oxygen atoms in total. The van der Waals surface area contributed by atoms with Crippen LogP contribution in [0.1, 0.15) is 13.8 Å². The van der Waals surface area contributed by atoms with Crippen molar-refractivity contribution in [3.8, 4) is 5.75 Å². The Morgan fingerprint density at radius 3 is 2.56 bits per heavy atom. The lowest BCUT2D eigenvalue weighted by molar-refractivity contribution is -0.386. The van der Waals surface area contributed by atoms with E-state index in [1.54, 1.807) is 0 Å². The number of carbonyl (C=O) groups excluding carboxylic acids is 1. The first-order valence-corrected chi connectivity index (χ1v) is 4.99. The summed E-state index contributed by atoms with van der Waals surface area (Å²) in [5.74, 6) is -1.74. The molecule has 0 amide bonds. The predicted octanol–water partition coefficient (Wildman–Crippen LogP) is 2.06. The summed E-state index contributed by atoms with van der Waals surface area (Å²) in [6, 6.07) is 2.76. The van der Waals surface area contributed by atoms with Crippen LogP contribution in [0, 0.1) is 15.9 Å². The van der Waals surface area contributed by atoms with Crippen molar-refractivity contribution in [3.63, 3.8) is 0 Å². The molecule has 0 aliphatic rings. The summed E-state index contributed by atoms with van der Waals surface area (Å²) >= 11 is 0. The zero-order chi connectivity index (χ0) is 13.9. The Morgan fingerprint density at radius 2 is 2.06 bits per heavy atom. The van der Waals surface area contributed by atoms with Crippen molar-refractivity contribution in [1.82, 2.24) is 0 Å². The highest BCUT2D eigenvalue weighted by Gasteiger charge is 2.33. The molecule has 1 aromatic rings. The number of nitro groups is 1. The number of rotatable bonds is 4. The number of ether oxygens (including phenoxy) is 2. The minimum atomic E-state index is -1.45. The molecule has 0 N–H and O–H groups in total. The molecule has 18 heavy (non-hydrogen) atoms. The summed E-state index contributed by atoms with van der Waals surface area (Å²) in [4.78, 5) is 21.4. The van der Waals surface area contributed by atoms with E-state index in [1.807, 2.05) is 0 Å².